The van der Waals surface area contributed by atoms with Crippen molar-refractivity contribution in [3.63, 3.8) is 0 Å². The zero-order valence-corrected chi connectivity index (χ0v) is 21.0. The van der Waals surface area contributed by atoms with Crippen molar-refractivity contribution in [3.8, 4) is 0 Å². The topological polar surface area (TPSA) is 70.6 Å². The van der Waals surface area contributed by atoms with E-state index in [1.54, 1.807) is 30.8 Å². The Morgan fingerprint density at radius 1 is 1.26 bits per heavy atom. The van der Waals surface area contributed by atoms with Gasteiger partial charge in [0.15, 0.2) is 0 Å². The number of carbonyl (C=O) groups excluding carboxylic acids is 1. The lowest BCUT2D eigenvalue weighted by molar-refractivity contribution is -0.126. The number of amides is 1. The molecule has 1 aromatic carbocycles. The molecule has 0 spiro atoms. The van der Waals surface area contributed by atoms with Crippen molar-refractivity contribution >= 4 is 33.3 Å². The Balaban J connectivity index is 1.53. The van der Waals surface area contributed by atoms with Gasteiger partial charge in [0, 0.05) is 31.2 Å². The molecule has 180 valence electrons. The number of carbonyl (C=O) groups is 1. The second kappa shape index (κ2) is 11.6. The molecule has 8 heteroatoms. The van der Waals surface area contributed by atoms with Gasteiger partial charge in [0.25, 0.3) is 0 Å². The molecule has 2 aromatic heterocycles. The maximum atomic E-state index is 12.8. The van der Waals surface area contributed by atoms with E-state index in [-0.39, 0.29) is 11.9 Å². The standard InChI is InChI=1S/C26H33N5O2S/c1-4-30(5-2)14-9-12-23(32)31-15-13-20-22(16-31)34-26-24(20)25(27-18-28-26)29-21(17-33-3)19-10-7-6-8-11-19/h6-12,18,21H,4-5,13-17H2,1-3H3,(H,27,28,29)/b12-9+/t21-/m1/s1. The van der Waals surface area contributed by atoms with Gasteiger partial charge in [-0.05, 0) is 30.6 Å². The number of likely N-dealkylation sites (N-methyl/N-ethyl adjacent to an activating group) is 1. The lowest BCUT2D eigenvalue weighted by Crippen LogP contribution is -2.34. The average Bonchev–Trinajstić information content (AvgIpc) is 3.25. The molecule has 3 aromatic rings. The van der Waals surface area contributed by atoms with E-state index in [0.29, 0.717) is 19.7 Å². The van der Waals surface area contributed by atoms with Crippen molar-refractivity contribution in [1.29, 1.82) is 0 Å². The van der Waals surface area contributed by atoms with Gasteiger partial charge in [-0.1, -0.05) is 50.3 Å². The number of hydrogen-bond acceptors (Lipinski definition) is 7. The van der Waals surface area contributed by atoms with Crippen molar-refractivity contribution in [1.82, 2.24) is 19.8 Å². The Bertz CT molecular complexity index is 1130. The van der Waals surface area contributed by atoms with E-state index in [1.165, 1.54) is 10.4 Å². The molecular formula is C26H33N5O2S. The van der Waals surface area contributed by atoms with E-state index in [2.05, 4.69) is 46.2 Å². The Labute approximate surface area is 205 Å². The summed E-state index contributed by atoms with van der Waals surface area (Å²) in [7, 11) is 1.71. The minimum absolute atomic E-state index is 0.0162. The van der Waals surface area contributed by atoms with Crippen LogP contribution < -0.4 is 5.32 Å². The summed E-state index contributed by atoms with van der Waals surface area (Å²) < 4.78 is 5.48. The van der Waals surface area contributed by atoms with Gasteiger partial charge in [-0.3, -0.25) is 4.79 Å². The molecule has 0 radical (unpaired) electrons. The molecule has 4 rings (SSSR count). The number of hydrogen-bond donors (Lipinski definition) is 1. The zero-order valence-electron chi connectivity index (χ0n) is 20.2. The molecule has 3 heterocycles. The first-order chi connectivity index (χ1) is 16.6. The molecule has 1 N–H and O–H groups in total. The largest absolute Gasteiger partial charge is 0.382 e. The van der Waals surface area contributed by atoms with Crippen LogP contribution in [-0.2, 0) is 22.5 Å². The first-order valence-electron chi connectivity index (χ1n) is 11.9. The minimum atomic E-state index is -0.0162. The molecule has 1 aliphatic rings. The Kier molecular flexibility index (Phi) is 8.26. The highest BCUT2D eigenvalue weighted by atomic mass is 32.1. The number of aromatic nitrogens is 2. The van der Waals surface area contributed by atoms with Crippen LogP contribution in [0.5, 0.6) is 0 Å². The maximum absolute atomic E-state index is 12.8. The number of fused-ring (bicyclic) bond motifs is 3. The number of ether oxygens (including phenoxy) is 1. The predicted octanol–water partition coefficient (Wildman–Crippen LogP) is 4.27. The molecule has 1 atom stereocenters. The van der Waals surface area contributed by atoms with Gasteiger partial charge < -0.3 is 19.9 Å². The van der Waals surface area contributed by atoms with E-state index >= 15 is 0 Å². The van der Waals surface area contributed by atoms with Gasteiger partial charge in [0.05, 0.1) is 24.6 Å². The molecule has 0 saturated carbocycles. The number of benzene rings is 1. The van der Waals surface area contributed by atoms with Gasteiger partial charge in [0.1, 0.15) is 17.0 Å². The summed E-state index contributed by atoms with van der Waals surface area (Å²) in [6, 6.07) is 10.2. The fourth-order valence-electron chi connectivity index (χ4n) is 4.35. The van der Waals surface area contributed by atoms with Crippen LogP contribution in [0.4, 0.5) is 5.82 Å². The van der Waals surface area contributed by atoms with Gasteiger partial charge in [-0.25, -0.2) is 9.97 Å². The molecule has 0 fully saturated rings. The number of anilines is 1. The Morgan fingerprint density at radius 3 is 2.79 bits per heavy atom. The Morgan fingerprint density at radius 2 is 2.06 bits per heavy atom. The molecule has 1 aliphatic heterocycles. The van der Waals surface area contributed by atoms with E-state index in [0.717, 1.165) is 47.7 Å². The van der Waals surface area contributed by atoms with Gasteiger partial charge in [-0.15, -0.1) is 11.3 Å². The summed E-state index contributed by atoms with van der Waals surface area (Å²) in [6.45, 7) is 8.88. The summed E-state index contributed by atoms with van der Waals surface area (Å²) in [4.78, 5) is 28.3. The quantitative estimate of drug-likeness (QED) is 0.438. The van der Waals surface area contributed by atoms with Crippen LogP contribution in [0.3, 0.4) is 0 Å². The number of rotatable bonds is 10. The highest BCUT2D eigenvalue weighted by molar-refractivity contribution is 7.19. The second-order valence-corrected chi connectivity index (χ2v) is 9.45. The monoisotopic (exact) mass is 479 g/mol. The van der Waals surface area contributed by atoms with Gasteiger partial charge >= 0.3 is 0 Å². The number of methoxy groups -OCH3 is 1. The Hall–Kier alpha value is -2.81. The molecule has 0 unspecified atom stereocenters. The van der Waals surface area contributed by atoms with Crippen molar-refractivity contribution in [2.24, 2.45) is 0 Å². The van der Waals surface area contributed by atoms with E-state index < -0.39 is 0 Å². The summed E-state index contributed by atoms with van der Waals surface area (Å²) >= 11 is 1.66. The first-order valence-corrected chi connectivity index (χ1v) is 12.7. The van der Waals surface area contributed by atoms with Crippen LogP contribution in [0.15, 0.2) is 48.8 Å². The van der Waals surface area contributed by atoms with Crippen LogP contribution in [0.1, 0.15) is 35.9 Å². The molecule has 0 saturated heterocycles. The molecular weight excluding hydrogens is 446 g/mol. The number of nitrogens with zero attached hydrogens (tertiary/aromatic N) is 4. The summed E-state index contributed by atoms with van der Waals surface area (Å²) in [5.74, 6) is 0.899. The smallest absolute Gasteiger partial charge is 0.246 e. The molecule has 1 amide bonds. The van der Waals surface area contributed by atoms with Crippen LogP contribution in [-0.4, -0.2) is 65.6 Å². The number of thiophene rings is 1. The minimum Gasteiger partial charge on any atom is -0.382 e. The van der Waals surface area contributed by atoms with Gasteiger partial charge in [0.2, 0.25) is 5.91 Å². The van der Waals surface area contributed by atoms with Crippen LogP contribution in [0, 0.1) is 0 Å². The summed E-state index contributed by atoms with van der Waals surface area (Å²) in [6.07, 6.45) is 6.11. The highest BCUT2D eigenvalue weighted by Gasteiger charge is 2.26. The fraction of sp³-hybridized carbons (Fsp3) is 0.423. The fourth-order valence-corrected chi connectivity index (χ4v) is 5.56. The third kappa shape index (κ3) is 5.46. The highest BCUT2D eigenvalue weighted by Crippen LogP contribution is 2.38. The van der Waals surface area contributed by atoms with E-state index in [1.807, 2.05) is 29.2 Å². The van der Waals surface area contributed by atoms with Crippen molar-refractivity contribution < 1.29 is 9.53 Å². The summed E-state index contributed by atoms with van der Waals surface area (Å²) in [5, 5.41) is 4.67. The second-order valence-electron chi connectivity index (χ2n) is 8.37. The number of nitrogens with one attached hydrogen (secondary N) is 1. The van der Waals surface area contributed by atoms with Crippen LogP contribution >= 0.6 is 11.3 Å². The molecule has 0 aliphatic carbocycles. The van der Waals surface area contributed by atoms with Gasteiger partial charge in [-0.2, -0.15) is 0 Å². The van der Waals surface area contributed by atoms with Crippen LogP contribution in [0.2, 0.25) is 0 Å². The summed E-state index contributed by atoms with van der Waals surface area (Å²) in [5.41, 5.74) is 2.40. The average molecular weight is 480 g/mol. The van der Waals surface area contributed by atoms with Crippen molar-refractivity contribution in [3.05, 3.63) is 64.8 Å². The normalized spacial score (nSPS) is 14.6. The molecule has 34 heavy (non-hydrogen) atoms. The van der Waals surface area contributed by atoms with Crippen molar-refractivity contribution in [2.75, 3.05) is 45.2 Å². The van der Waals surface area contributed by atoms with E-state index in [4.69, 9.17) is 4.74 Å². The molecule has 0 bridgehead atoms. The molecule has 7 nitrogen and oxygen atoms in total. The van der Waals surface area contributed by atoms with Crippen molar-refractivity contribution in [2.45, 2.75) is 32.9 Å². The SMILES string of the molecule is CCN(CC)C/C=C/C(=O)N1CCc2c(sc3ncnc(N[C@H](COC)c4ccccc4)c23)C1. The maximum Gasteiger partial charge on any atom is 0.246 e. The zero-order chi connectivity index (χ0) is 23.9. The lowest BCUT2D eigenvalue weighted by atomic mass is 10.0. The van der Waals surface area contributed by atoms with E-state index in [9.17, 15) is 4.79 Å². The van der Waals surface area contributed by atoms with Crippen LogP contribution in [0.25, 0.3) is 10.2 Å². The predicted molar refractivity (Wildman–Crippen MR) is 138 cm³/mol. The third-order valence-corrected chi connectivity index (χ3v) is 7.44. The first kappa shape index (κ1) is 24.3. The third-order valence-electron chi connectivity index (χ3n) is 6.31. The lowest BCUT2D eigenvalue weighted by Gasteiger charge is -2.26.